The molecule has 0 saturated carbocycles. The van der Waals surface area contributed by atoms with Crippen LogP contribution in [0.5, 0.6) is 0 Å². The van der Waals surface area contributed by atoms with Gasteiger partial charge in [0.15, 0.2) is 0 Å². The third-order valence-corrected chi connectivity index (χ3v) is 5.89. The number of hydrogen-bond acceptors (Lipinski definition) is 7. The van der Waals surface area contributed by atoms with E-state index in [-0.39, 0.29) is 5.78 Å². The number of pyridine rings is 4. The molecule has 0 aliphatic heterocycles. The van der Waals surface area contributed by atoms with Crippen LogP contribution in [0.1, 0.15) is 39.0 Å². The van der Waals surface area contributed by atoms with E-state index in [2.05, 4.69) is 43.8 Å². The summed E-state index contributed by atoms with van der Waals surface area (Å²) in [6.45, 7) is 3.02. The third-order valence-electron chi connectivity index (χ3n) is 5.89. The average Bonchev–Trinajstić information content (AvgIpc) is 2.92. The van der Waals surface area contributed by atoms with Crippen LogP contribution in [0, 0.1) is 0 Å². The van der Waals surface area contributed by atoms with Crippen LogP contribution in [-0.2, 0) is 25.9 Å². The van der Waals surface area contributed by atoms with Gasteiger partial charge in [-0.25, -0.2) is 9.97 Å². The van der Waals surface area contributed by atoms with Gasteiger partial charge in [-0.15, -0.1) is 0 Å². The molecule has 36 heavy (non-hydrogen) atoms. The lowest BCUT2D eigenvalue weighted by Gasteiger charge is -2.16. The normalized spacial score (nSPS) is 11.2. The fourth-order valence-corrected chi connectivity index (χ4v) is 3.93. The van der Waals surface area contributed by atoms with E-state index in [0.717, 1.165) is 48.7 Å². The molecule has 184 valence electrons. The minimum atomic E-state index is -0.161. The van der Waals surface area contributed by atoms with Crippen LogP contribution < -0.4 is 0 Å². The van der Waals surface area contributed by atoms with Crippen molar-refractivity contribution in [1.82, 2.24) is 29.7 Å². The van der Waals surface area contributed by atoms with Gasteiger partial charge in [-0.2, -0.15) is 0 Å². The van der Waals surface area contributed by atoms with E-state index < -0.39 is 0 Å². The highest BCUT2D eigenvalue weighted by atomic mass is 16.1. The number of rotatable bonds is 12. The molecular weight excluding hydrogens is 448 g/mol. The smallest absolute Gasteiger partial charge is 0.229 e. The number of carbonyl (C=O) groups excluding carboxylic acids is 1. The van der Waals surface area contributed by atoms with Crippen LogP contribution in [0.25, 0.3) is 0 Å². The Kier molecular flexibility index (Phi) is 8.97. The van der Waals surface area contributed by atoms with Gasteiger partial charge < -0.3 is 9.80 Å². The van der Waals surface area contributed by atoms with E-state index in [1.807, 2.05) is 73.1 Å². The lowest BCUT2D eigenvalue weighted by Crippen LogP contribution is -2.22. The van der Waals surface area contributed by atoms with Gasteiger partial charge in [-0.3, -0.25) is 14.8 Å². The molecule has 0 atom stereocenters. The molecule has 0 amide bonds. The van der Waals surface area contributed by atoms with Gasteiger partial charge in [-0.1, -0.05) is 24.3 Å². The third kappa shape index (κ3) is 7.60. The van der Waals surface area contributed by atoms with Crippen LogP contribution in [0.2, 0.25) is 0 Å². The van der Waals surface area contributed by atoms with Gasteiger partial charge in [0.05, 0.1) is 11.4 Å². The van der Waals surface area contributed by atoms with Crippen molar-refractivity contribution in [2.45, 2.75) is 25.9 Å². The van der Waals surface area contributed by atoms with Crippen molar-refractivity contribution in [3.05, 3.63) is 119 Å². The summed E-state index contributed by atoms with van der Waals surface area (Å²) < 4.78 is 0. The van der Waals surface area contributed by atoms with Gasteiger partial charge in [0.25, 0.3) is 0 Å². The fourth-order valence-electron chi connectivity index (χ4n) is 3.93. The van der Waals surface area contributed by atoms with E-state index in [9.17, 15) is 4.79 Å². The van der Waals surface area contributed by atoms with E-state index in [0.29, 0.717) is 24.5 Å². The van der Waals surface area contributed by atoms with Gasteiger partial charge >= 0.3 is 0 Å². The van der Waals surface area contributed by atoms with Crippen molar-refractivity contribution in [3.63, 3.8) is 0 Å². The molecule has 0 aliphatic rings. The van der Waals surface area contributed by atoms with Crippen LogP contribution in [-0.4, -0.2) is 62.7 Å². The molecule has 0 N–H and O–H groups in total. The Hall–Kier alpha value is -3.81. The number of hydrogen-bond donors (Lipinski definition) is 0. The van der Waals surface area contributed by atoms with Gasteiger partial charge in [-0.05, 0) is 62.6 Å². The summed E-state index contributed by atoms with van der Waals surface area (Å²) in [6, 6.07) is 23.1. The maximum absolute atomic E-state index is 13.2. The first-order chi connectivity index (χ1) is 17.6. The number of likely N-dealkylation sites (N-methyl/N-ethyl adjacent to an activating group) is 2. The maximum Gasteiger partial charge on any atom is 0.229 e. The molecule has 0 spiro atoms. The summed E-state index contributed by atoms with van der Waals surface area (Å²) in [5, 5.41) is 0. The van der Waals surface area contributed by atoms with Crippen LogP contribution in [0.15, 0.2) is 85.2 Å². The Balaban J connectivity index is 1.34. The molecule has 0 aliphatic carbocycles. The van der Waals surface area contributed by atoms with Crippen LogP contribution >= 0.6 is 0 Å². The van der Waals surface area contributed by atoms with E-state index >= 15 is 0 Å². The quantitative estimate of drug-likeness (QED) is 0.285. The average molecular weight is 481 g/mol. The summed E-state index contributed by atoms with van der Waals surface area (Å²) in [5.74, 6) is -0.161. The van der Waals surface area contributed by atoms with Crippen molar-refractivity contribution in [3.8, 4) is 0 Å². The first kappa shape index (κ1) is 25.3. The Morgan fingerprint density at radius 3 is 1.47 bits per heavy atom. The maximum atomic E-state index is 13.2. The molecule has 7 heteroatoms. The van der Waals surface area contributed by atoms with Crippen molar-refractivity contribution in [1.29, 1.82) is 0 Å². The van der Waals surface area contributed by atoms with Gasteiger partial charge in [0.1, 0.15) is 11.4 Å². The predicted octanol–water partition coefficient (Wildman–Crippen LogP) is 3.85. The van der Waals surface area contributed by atoms with Crippen LogP contribution in [0.4, 0.5) is 0 Å². The molecule has 0 aromatic carbocycles. The first-order valence-electron chi connectivity index (χ1n) is 12.2. The highest BCUT2D eigenvalue weighted by Crippen LogP contribution is 2.11. The summed E-state index contributed by atoms with van der Waals surface area (Å²) in [7, 11) is 4.10. The minimum absolute atomic E-state index is 0.161. The monoisotopic (exact) mass is 480 g/mol. The second-order valence-corrected chi connectivity index (χ2v) is 8.98. The lowest BCUT2D eigenvalue weighted by atomic mass is 10.1. The molecule has 0 bridgehead atoms. The van der Waals surface area contributed by atoms with E-state index in [1.54, 1.807) is 12.1 Å². The molecule has 4 aromatic heterocycles. The predicted molar refractivity (Wildman–Crippen MR) is 140 cm³/mol. The first-order valence-corrected chi connectivity index (χ1v) is 12.2. The Labute approximate surface area is 212 Å². The number of carbonyl (C=O) groups is 1. The van der Waals surface area contributed by atoms with E-state index in [4.69, 9.17) is 0 Å². The van der Waals surface area contributed by atoms with Crippen molar-refractivity contribution < 1.29 is 4.79 Å². The molecule has 0 fully saturated rings. The zero-order chi connectivity index (χ0) is 25.2. The number of ketones is 1. The standard InChI is InChI=1S/C29H32N6O/c1-34(19-15-23-9-3-5-17-30-23)21-25-11-7-13-27(32-25)29(36)28-14-8-12-26(33-28)22-35(2)20-16-24-10-4-6-18-31-24/h3-14,17-18H,15-16,19-22H2,1-2H3. The number of aromatic nitrogens is 4. The van der Waals surface area contributed by atoms with Crippen LogP contribution in [0.3, 0.4) is 0 Å². The second kappa shape index (κ2) is 12.8. The summed E-state index contributed by atoms with van der Waals surface area (Å²) in [4.78, 5) is 35.6. The molecule has 4 aromatic rings. The summed E-state index contributed by atoms with van der Waals surface area (Å²) in [5.41, 5.74) is 4.67. The Morgan fingerprint density at radius 1 is 0.611 bits per heavy atom. The molecule has 4 heterocycles. The molecule has 4 rings (SSSR count). The van der Waals surface area contributed by atoms with Crippen molar-refractivity contribution >= 4 is 5.78 Å². The largest absolute Gasteiger partial charge is 0.300 e. The summed E-state index contributed by atoms with van der Waals surface area (Å²) >= 11 is 0. The fraction of sp³-hybridized carbons (Fsp3) is 0.276. The molecular formula is C29H32N6O. The summed E-state index contributed by atoms with van der Waals surface area (Å²) in [6.07, 6.45) is 5.36. The van der Waals surface area contributed by atoms with E-state index in [1.165, 1.54) is 0 Å². The van der Waals surface area contributed by atoms with Gasteiger partial charge in [0, 0.05) is 62.8 Å². The van der Waals surface area contributed by atoms with Crippen molar-refractivity contribution in [2.24, 2.45) is 0 Å². The molecule has 0 unspecified atom stereocenters. The highest BCUT2D eigenvalue weighted by molar-refractivity contribution is 6.06. The van der Waals surface area contributed by atoms with Crippen molar-refractivity contribution in [2.75, 3.05) is 27.2 Å². The topological polar surface area (TPSA) is 75.1 Å². The molecule has 0 saturated heterocycles. The highest BCUT2D eigenvalue weighted by Gasteiger charge is 2.14. The Bertz CT molecular complexity index is 1150. The zero-order valence-corrected chi connectivity index (χ0v) is 20.9. The number of nitrogens with zero attached hydrogens (tertiary/aromatic N) is 6. The van der Waals surface area contributed by atoms with Gasteiger partial charge in [0.2, 0.25) is 5.78 Å². The Morgan fingerprint density at radius 2 is 1.06 bits per heavy atom. The minimum Gasteiger partial charge on any atom is -0.300 e. The molecule has 7 nitrogen and oxygen atoms in total. The second-order valence-electron chi connectivity index (χ2n) is 8.98. The SMILES string of the molecule is CN(CCc1ccccn1)Cc1cccc(C(=O)c2cccc(CN(C)CCc3ccccn3)n2)n1. The lowest BCUT2D eigenvalue weighted by molar-refractivity contribution is 0.102. The zero-order valence-electron chi connectivity index (χ0n) is 20.9. The molecule has 0 radical (unpaired) electrons.